The number of hydrogen-bond acceptors (Lipinski definition) is 8. The molecule has 1 fully saturated rings. The number of allylic oxidation sites excluding steroid dienone is 2. The number of morpholine rings is 1. The Morgan fingerprint density at radius 1 is 1.15 bits per heavy atom. The maximum Gasteiger partial charge on any atom is 0.269 e. The van der Waals surface area contributed by atoms with E-state index in [0.717, 1.165) is 47.7 Å². The van der Waals surface area contributed by atoms with Crippen LogP contribution < -0.4 is 0 Å². The molecule has 0 saturated carbocycles. The highest BCUT2D eigenvalue weighted by Crippen LogP contribution is 2.35. The molecule has 1 aromatic carbocycles. The summed E-state index contributed by atoms with van der Waals surface area (Å²) in [6, 6.07) is 6.61. The van der Waals surface area contributed by atoms with Gasteiger partial charge in [0.15, 0.2) is 10.1 Å². The Kier molecular flexibility index (Phi) is 6.52. The van der Waals surface area contributed by atoms with Gasteiger partial charge in [-0.05, 0) is 47.8 Å². The van der Waals surface area contributed by atoms with Gasteiger partial charge in [-0.2, -0.15) is 10.2 Å². The number of imidazole rings is 1. The van der Waals surface area contributed by atoms with Gasteiger partial charge in [0, 0.05) is 42.5 Å². The van der Waals surface area contributed by atoms with Crippen molar-refractivity contribution in [2.24, 2.45) is 10.2 Å². The predicted octanol–water partition coefficient (Wildman–Crippen LogP) is 4.83. The highest BCUT2D eigenvalue weighted by molar-refractivity contribution is 7.15. The van der Waals surface area contributed by atoms with Crippen LogP contribution in [0.3, 0.4) is 0 Å². The number of nitro benzene ring substituents is 1. The quantitative estimate of drug-likeness (QED) is 0.276. The molecule has 3 aromatic rings. The Morgan fingerprint density at radius 3 is 2.68 bits per heavy atom. The molecule has 174 valence electrons. The second-order valence-corrected chi connectivity index (χ2v) is 9.06. The summed E-state index contributed by atoms with van der Waals surface area (Å²) in [6.45, 7) is 2.95. The van der Waals surface area contributed by atoms with Crippen molar-refractivity contribution in [3.05, 3.63) is 79.2 Å². The Balaban J connectivity index is 1.42. The van der Waals surface area contributed by atoms with Crippen molar-refractivity contribution in [1.29, 1.82) is 0 Å². The minimum absolute atomic E-state index is 0.0845. The van der Waals surface area contributed by atoms with E-state index in [4.69, 9.17) is 16.3 Å². The van der Waals surface area contributed by atoms with E-state index in [1.807, 2.05) is 16.0 Å². The van der Waals surface area contributed by atoms with Crippen LogP contribution in [-0.4, -0.2) is 57.9 Å². The fourth-order valence-electron chi connectivity index (χ4n) is 4.15. The number of fused-ring (bicyclic) bond motifs is 1. The largest absolute Gasteiger partial charge is 0.378 e. The van der Waals surface area contributed by atoms with Crippen molar-refractivity contribution < 1.29 is 9.66 Å². The number of ether oxygens (including phenoxy) is 1. The molecule has 1 aliphatic carbocycles. The molecule has 9 nitrogen and oxygen atoms in total. The van der Waals surface area contributed by atoms with Gasteiger partial charge in [0.05, 0.1) is 30.6 Å². The first-order valence-corrected chi connectivity index (χ1v) is 12.0. The third kappa shape index (κ3) is 4.65. The number of nitrogens with zero attached hydrogens (tertiary/aromatic N) is 6. The predicted molar refractivity (Wildman–Crippen MR) is 134 cm³/mol. The zero-order valence-corrected chi connectivity index (χ0v) is 19.7. The van der Waals surface area contributed by atoms with Gasteiger partial charge in [-0.25, -0.2) is 4.98 Å². The molecule has 11 heteroatoms. The molecular formula is C23H21ClN6O3S. The lowest BCUT2D eigenvalue weighted by molar-refractivity contribution is -0.384. The number of hydrogen-bond donors (Lipinski definition) is 0. The molecule has 3 heterocycles. The topological polar surface area (TPSA) is 97.6 Å². The van der Waals surface area contributed by atoms with Crippen LogP contribution in [0.25, 0.3) is 11.0 Å². The monoisotopic (exact) mass is 496 g/mol. The normalized spacial score (nSPS) is 18.4. The molecule has 0 radical (unpaired) electrons. The van der Waals surface area contributed by atoms with Crippen molar-refractivity contribution in [3.8, 4) is 0 Å². The molecule has 0 bridgehead atoms. The van der Waals surface area contributed by atoms with Crippen LogP contribution in [0, 0.1) is 10.1 Å². The van der Waals surface area contributed by atoms with E-state index in [9.17, 15) is 10.1 Å². The Labute approximate surface area is 204 Å². The van der Waals surface area contributed by atoms with E-state index in [-0.39, 0.29) is 10.6 Å². The fraction of sp³-hybridized carbons (Fsp3) is 0.261. The summed E-state index contributed by atoms with van der Waals surface area (Å²) < 4.78 is 7.42. The van der Waals surface area contributed by atoms with Gasteiger partial charge in [0.1, 0.15) is 5.69 Å². The van der Waals surface area contributed by atoms with Gasteiger partial charge in [0.25, 0.3) is 5.69 Å². The van der Waals surface area contributed by atoms with E-state index >= 15 is 0 Å². The lowest BCUT2D eigenvalue weighted by Crippen LogP contribution is -2.36. The van der Waals surface area contributed by atoms with Crippen LogP contribution in [0.4, 0.5) is 5.69 Å². The van der Waals surface area contributed by atoms with Gasteiger partial charge in [-0.15, -0.1) is 11.3 Å². The molecule has 0 spiro atoms. The van der Waals surface area contributed by atoms with Crippen LogP contribution in [0.5, 0.6) is 0 Å². The van der Waals surface area contributed by atoms with Crippen molar-refractivity contribution in [1.82, 2.24) is 14.3 Å². The first-order chi connectivity index (χ1) is 16.6. The molecule has 0 amide bonds. The van der Waals surface area contributed by atoms with Gasteiger partial charge in [-0.3, -0.25) is 14.5 Å². The molecule has 34 heavy (non-hydrogen) atoms. The van der Waals surface area contributed by atoms with Crippen LogP contribution in [0.2, 0.25) is 5.15 Å². The summed E-state index contributed by atoms with van der Waals surface area (Å²) in [7, 11) is 0. The zero-order valence-electron chi connectivity index (χ0n) is 18.1. The lowest BCUT2D eigenvalue weighted by atomic mass is 10.1. The van der Waals surface area contributed by atoms with Crippen LogP contribution in [0.15, 0.2) is 62.9 Å². The SMILES string of the molecule is O=[N+]([O-])c1ccc(/C=C2\CCC(/C=N\N=C/c3c(Cl)nc4sccn34)=C2N2CCOCC2)cc1. The van der Waals surface area contributed by atoms with E-state index in [1.54, 1.807) is 24.6 Å². The van der Waals surface area contributed by atoms with E-state index in [1.165, 1.54) is 29.0 Å². The average Bonchev–Trinajstić information content (AvgIpc) is 3.53. The minimum Gasteiger partial charge on any atom is -0.378 e. The van der Waals surface area contributed by atoms with Crippen LogP contribution in [0.1, 0.15) is 24.1 Å². The van der Waals surface area contributed by atoms with E-state index < -0.39 is 0 Å². The summed E-state index contributed by atoms with van der Waals surface area (Å²) in [4.78, 5) is 18.0. The van der Waals surface area contributed by atoms with Crippen molar-refractivity contribution >= 4 is 52.1 Å². The number of thiazole rings is 1. The van der Waals surface area contributed by atoms with Crippen LogP contribution >= 0.6 is 22.9 Å². The number of non-ortho nitro benzene ring substituents is 1. The maximum absolute atomic E-state index is 11.0. The molecule has 0 unspecified atom stereocenters. The van der Waals surface area contributed by atoms with E-state index in [0.29, 0.717) is 24.1 Å². The fourth-order valence-corrected chi connectivity index (χ4v) is 5.14. The first-order valence-electron chi connectivity index (χ1n) is 10.8. The van der Waals surface area contributed by atoms with Gasteiger partial charge in [-0.1, -0.05) is 11.6 Å². The number of nitro groups is 1. The third-order valence-electron chi connectivity index (χ3n) is 5.76. The average molecular weight is 497 g/mol. The number of benzene rings is 1. The Morgan fingerprint density at radius 2 is 1.91 bits per heavy atom. The molecule has 1 saturated heterocycles. The number of aromatic nitrogens is 2. The smallest absolute Gasteiger partial charge is 0.269 e. The van der Waals surface area contributed by atoms with Crippen LogP contribution in [-0.2, 0) is 4.74 Å². The molecule has 5 rings (SSSR count). The standard InChI is InChI=1S/C23H21ClN6O3S/c24-22-20(29-9-12-34-23(29)27-22)15-26-25-14-18-4-3-17(21(18)28-7-10-33-11-8-28)13-16-1-5-19(6-2-16)30(31)32/h1-2,5-6,9,12-15H,3-4,7-8,10-11H2/b17-13+,25-14-,26-15-. The van der Waals surface area contributed by atoms with Gasteiger partial charge >= 0.3 is 0 Å². The second-order valence-electron chi connectivity index (χ2n) is 7.82. The number of rotatable bonds is 6. The first kappa shape index (κ1) is 22.5. The van der Waals surface area contributed by atoms with Crippen molar-refractivity contribution in [3.63, 3.8) is 0 Å². The summed E-state index contributed by atoms with van der Waals surface area (Å²) in [6.07, 6.45) is 9.11. The summed E-state index contributed by atoms with van der Waals surface area (Å²) in [5.74, 6) is 0. The Hall–Kier alpha value is -3.34. The molecule has 2 aliphatic rings. The highest BCUT2D eigenvalue weighted by Gasteiger charge is 2.25. The highest BCUT2D eigenvalue weighted by atomic mass is 35.5. The van der Waals surface area contributed by atoms with Crippen molar-refractivity contribution in [2.45, 2.75) is 12.8 Å². The molecular weight excluding hydrogens is 476 g/mol. The summed E-state index contributed by atoms with van der Waals surface area (Å²) >= 11 is 7.73. The lowest BCUT2D eigenvalue weighted by Gasteiger charge is -2.31. The molecule has 0 atom stereocenters. The Bertz CT molecular complexity index is 1330. The van der Waals surface area contributed by atoms with Gasteiger partial charge in [0.2, 0.25) is 0 Å². The summed E-state index contributed by atoms with van der Waals surface area (Å²) in [5, 5.41) is 21.8. The third-order valence-corrected chi connectivity index (χ3v) is 6.79. The molecule has 1 aliphatic heterocycles. The number of halogens is 1. The van der Waals surface area contributed by atoms with Gasteiger partial charge < -0.3 is 9.64 Å². The minimum atomic E-state index is -0.388. The zero-order chi connectivity index (χ0) is 23.5. The van der Waals surface area contributed by atoms with E-state index in [2.05, 4.69) is 26.2 Å². The second kappa shape index (κ2) is 9.88. The molecule has 2 aromatic heterocycles. The summed E-state index contributed by atoms with van der Waals surface area (Å²) in [5.41, 5.74) is 5.14. The van der Waals surface area contributed by atoms with Crippen molar-refractivity contribution in [2.75, 3.05) is 26.3 Å². The maximum atomic E-state index is 11.0. The molecule has 0 N–H and O–H groups in total.